The molecule has 0 amide bonds. The average Bonchev–Trinajstić information content (AvgIpc) is 2.86. The van der Waals surface area contributed by atoms with Crippen LogP contribution < -0.4 is 5.32 Å². The van der Waals surface area contributed by atoms with Crippen LogP contribution in [0.2, 0.25) is 0 Å². The lowest BCUT2D eigenvalue weighted by Gasteiger charge is -2.20. The first kappa shape index (κ1) is 13.8. The van der Waals surface area contributed by atoms with E-state index in [2.05, 4.69) is 24.1 Å². The number of nitrogens with zero attached hydrogens (tertiary/aromatic N) is 2. The molecule has 0 spiro atoms. The van der Waals surface area contributed by atoms with Gasteiger partial charge in [0.1, 0.15) is 5.82 Å². The molecule has 102 valence electrons. The predicted molar refractivity (Wildman–Crippen MR) is 74.4 cm³/mol. The highest BCUT2D eigenvalue weighted by atomic mass is 19.1. The summed E-state index contributed by atoms with van der Waals surface area (Å²) in [5.41, 5.74) is 0.844. The Balaban J connectivity index is 1.88. The van der Waals surface area contributed by atoms with Gasteiger partial charge < -0.3 is 10.2 Å². The monoisotopic (exact) mass is 261 g/mol. The van der Waals surface area contributed by atoms with Crippen molar-refractivity contribution >= 4 is 5.69 Å². The maximum atomic E-state index is 13.7. The van der Waals surface area contributed by atoms with Crippen molar-refractivity contribution in [3.63, 3.8) is 0 Å². The first-order valence-corrected chi connectivity index (χ1v) is 6.77. The summed E-state index contributed by atoms with van der Waals surface area (Å²) in [7, 11) is 0. The Hall–Kier alpha value is -1.60. The van der Waals surface area contributed by atoms with Crippen LogP contribution in [-0.4, -0.2) is 30.6 Å². The maximum absolute atomic E-state index is 13.7. The standard InChI is InChI=1S/C15H20FN3/c1-11(2)19-6-5-13(10-19)9-18-15-4-3-12(8-17)7-14(15)16/h3-4,7,11,13,18H,5-6,9-10H2,1-2H3. The highest BCUT2D eigenvalue weighted by Crippen LogP contribution is 2.21. The average molecular weight is 261 g/mol. The van der Waals surface area contributed by atoms with E-state index < -0.39 is 0 Å². The summed E-state index contributed by atoms with van der Waals surface area (Å²) in [4.78, 5) is 2.45. The van der Waals surface area contributed by atoms with Crippen LogP contribution >= 0.6 is 0 Å². The van der Waals surface area contributed by atoms with Crippen LogP contribution in [0.5, 0.6) is 0 Å². The molecule has 1 fully saturated rings. The summed E-state index contributed by atoms with van der Waals surface area (Å²) in [5.74, 6) is 0.218. The number of rotatable bonds is 4. The Kier molecular flexibility index (Phi) is 4.39. The van der Waals surface area contributed by atoms with E-state index in [-0.39, 0.29) is 5.82 Å². The summed E-state index contributed by atoms with van der Waals surface area (Å²) in [5, 5.41) is 11.8. The van der Waals surface area contributed by atoms with Crippen LogP contribution in [0, 0.1) is 23.1 Å². The fourth-order valence-electron chi connectivity index (χ4n) is 2.48. The van der Waals surface area contributed by atoms with E-state index >= 15 is 0 Å². The second-order valence-electron chi connectivity index (χ2n) is 5.43. The second-order valence-corrected chi connectivity index (χ2v) is 5.43. The number of nitriles is 1. The second kappa shape index (κ2) is 6.03. The van der Waals surface area contributed by atoms with Gasteiger partial charge in [-0.3, -0.25) is 0 Å². The van der Waals surface area contributed by atoms with Gasteiger partial charge in [0.05, 0.1) is 17.3 Å². The number of hydrogen-bond acceptors (Lipinski definition) is 3. The van der Waals surface area contributed by atoms with Crippen molar-refractivity contribution in [3.8, 4) is 6.07 Å². The van der Waals surface area contributed by atoms with Crippen LogP contribution in [0.3, 0.4) is 0 Å². The number of halogens is 1. The molecule has 2 rings (SSSR count). The summed E-state index contributed by atoms with van der Waals surface area (Å²) >= 11 is 0. The van der Waals surface area contributed by atoms with Crippen LogP contribution in [-0.2, 0) is 0 Å². The number of likely N-dealkylation sites (tertiary alicyclic amines) is 1. The summed E-state index contributed by atoms with van der Waals surface area (Å²) in [6, 6.07) is 7.07. The normalized spacial score (nSPS) is 19.6. The molecule has 1 N–H and O–H groups in total. The molecule has 1 heterocycles. The number of benzene rings is 1. The molecular formula is C15H20FN3. The van der Waals surface area contributed by atoms with E-state index in [4.69, 9.17) is 5.26 Å². The Morgan fingerprint density at radius 3 is 2.89 bits per heavy atom. The van der Waals surface area contributed by atoms with Gasteiger partial charge in [0.25, 0.3) is 0 Å². The molecule has 0 saturated carbocycles. The van der Waals surface area contributed by atoms with Crippen LogP contribution in [0.15, 0.2) is 18.2 Å². The minimum absolute atomic E-state index is 0.349. The molecule has 4 heteroatoms. The van der Waals surface area contributed by atoms with Gasteiger partial charge in [0.2, 0.25) is 0 Å². The minimum atomic E-state index is -0.349. The molecule has 0 aliphatic carbocycles. The third kappa shape index (κ3) is 3.45. The van der Waals surface area contributed by atoms with Crippen molar-refractivity contribution in [2.75, 3.05) is 25.0 Å². The quantitative estimate of drug-likeness (QED) is 0.906. The van der Waals surface area contributed by atoms with E-state index in [1.165, 1.54) is 6.07 Å². The molecule has 0 aromatic heterocycles. The molecule has 1 aromatic carbocycles. The molecule has 19 heavy (non-hydrogen) atoms. The zero-order chi connectivity index (χ0) is 13.8. The highest BCUT2D eigenvalue weighted by molar-refractivity contribution is 5.48. The fourth-order valence-corrected chi connectivity index (χ4v) is 2.48. The lowest BCUT2D eigenvalue weighted by Crippen LogP contribution is -2.29. The van der Waals surface area contributed by atoms with Crippen LogP contribution in [0.25, 0.3) is 0 Å². The summed E-state index contributed by atoms with van der Waals surface area (Å²) in [6.45, 7) is 7.39. The molecule has 1 saturated heterocycles. The maximum Gasteiger partial charge on any atom is 0.147 e. The van der Waals surface area contributed by atoms with Gasteiger partial charge in [0.15, 0.2) is 0 Å². The Morgan fingerprint density at radius 1 is 1.53 bits per heavy atom. The highest BCUT2D eigenvalue weighted by Gasteiger charge is 2.23. The van der Waals surface area contributed by atoms with Crippen LogP contribution in [0.4, 0.5) is 10.1 Å². The molecule has 1 aliphatic rings. The van der Waals surface area contributed by atoms with Gasteiger partial charge in [-0.05, 0) is 50.9 Å². The van der Waals surface area contributed by atoms with Gasteiger partial charge in [-0.2, -0.15) is 5.26 Å². The van der Waals surface area contributed by atoms with E-state index in [1.807, 2.05) is 6.07 Å². The van der Waals surface area contributed by atoms with E-state index in [0.717, 1.165) is 26.1 Å². The van der Waals surface area contributed by atoms with Crippen molar-refractivity contribution in [1.29, 1.82) is 5.26 Å². The topological polar surface area (TPSA) is 39.1 Å². The Morgan fingerprint density at radius 2 is 2.32 bits per heavy atom. The fraction of sp³-hybridized carbons (Fsp3) is 0.533. The Labute approximate surface area is 114 Å². The van der Waals surface area contributed by atoms with Crippen molar-refractivity contribution in [2.45, 2.75) is 26.3 Å². The zero-order valence-electron chi connectivity index (χ0n) is 11.5. The first-order valence-electron chi connectivity index (χ1n) is 6.77. The molecule has 3 nitrogen and oxygen atoms in total. The predicted octanol–water partition coefficient (Wildman–Crippen LogP) is 2.84. The molecule has 1 unspecified atom stereocenters. The molecule has 1 atom stereocenters. The van der Waals surface area contributed by atoms with Gasteiger partial charge in [-0.25, -0.2) is 4.39 Å². The van der Waals surface area contributed by atoms with Crippen molar-refractivity contribution in [2.24, 2.45) is 5.92 Å². The van der Waals surface area contributed by atoms with E-state index in [9.17, 15) is 4.39 Å². The van der Waals surface area contributed by atoms with E-state index in [0.29, 0.717) is 23.2 Å². The van der Waals surface area contributed by atoms with E-state index in [1.54, 1.807) is 12.1 Å². The van der Waals surface area contributed by atoms with Gasteiger partial charge in [0, 0.05) is 19.1 Å². The van der Waals surface area contributed by atoms with Gasteiger partial charge >= 0.3 is 0 Å². The third-order valence-electron chi connectivity index (χ3n) is 3.73. The number of nitrogens with one attached hydrogen (secondary N) is 1. The summed E-state index contributed by atoms with van der Waals surface area (Å²) in [6.07, 6.45) is 1.16. The molecule has 1 aliphatic heterocycles. The number of anilines is 1. The van der Waals surface area contributed by atoms with Crippen molar-refractivity contribution in [3.05, 3.63) is 29.6 Å². The lowest BCUT2D eigenvalue weighted by atomic mass is 10.1. The zero-order valence-corrected chi connectivity index (χ0v) is 11.5. The molecule has 0 radical (unpaired) electrons. The molecular weight excluding hydrogens is 241 g/mol. The smallest absolute Gasteiger partial charge is 0.147 e. The Bertz CT molecular complexity index is 479. The van der Waals surface area contributed by atoms with Gasteiger partial charge in [-0.1, -0.05) is 0 Å². The van der Waals surface area contributed by atoms with Crippen LogP contribution in [0.1, 0.15) is 25.8 Å². The number of hydrogen-bond donors (Lipinski definition) is 1. The van der Waals surface area contributed by atoms with Gasteiger partial charge in [-0.15, -0.1) is 0 Å². The largest absolute Gasteiger partial charge is 0.382 e. The summed E-state index contributed by atoms with van der Waals surface area (Å²) < 4.78 is 13.7. The molecule has 0 bridgehead atoms. The SMILES string of the molecule is CC(C)N1CCC(CNc2ccc(C#N)cc2F)C1. The van der Waals surface area contributed by atoms with Crippen molar-refractivity contribution < 1.29 is 4.39 Å². The first-order chi connectivity index (χ1) is 9.10. The molecule has 1 aromatic rings. The van der Waals surface area contributed by atoms with Crippen molar-refractivity contribution in [1.82, 2.24) is 4.90 Å². The minimum Gasteiger partial charge on any atom is -0.382 e. The third-order valence-corrected chi connectivity index (χ3v) is 3.73. The lowest BCUT2D eigenvalue weighted by molar-refractivity contribution is 0.266.